The predicted molar refractivity (Wildman–Crippen MR) is 85.1 cm³/mol. The van der Waals surface area contributed by atoms with Crippen LogP contribution in [0, 0.1) is 12.8 Å². The van der Waals surface area contributed by atoms with Gasteiger partial charge in [-0.05, 0) is 68.7 Å². The van der Waals surface area contributed by atoms with E-state index >= 15 is 0 Å². The largest absolute Gasteiger partial charge is 0.328 e. The number of aryl methyl sites for hydroxylation is 2. The van der Waals surface area contributed by atoms with E-state index in [1.165, 1.54) is 50.9 Å². The summed E-state index contributed by atoms with van der Waals surface area (Å²) in [6.07, 6.45) is 4.97. The maximum absolute atomic E-state index is 6.01. The lowest BCUT2D eigenvalue weighted by Crippen LogP contribution is -2.43. The quantitative estimate of drug-likeness (QED) is 0.896. The van der Waals surface area contributed by atoms with E-state index < -0.39 is 0 Å². The van der Waals surface area contributed by atoms with Crippen molar-refractivity contribution in [1.82, 2.24) is 4.90 Å². The molecule has 0 aromatic heterocycles. The van der Waals surface area contributed by atoms with Gasteiger partial charge in [-0.1, -0.05) is 30.7 Å². The topological polar surface area (TPSA) is 29.3 Å². The molecule has 2 aliphatic rings. The lowest BCUT2D eigenvalue weighted by Gasteiger charge is -2.38. The first-order valence-electron chi connectivity index (χ1n) is 8.21. The van der Waals surface area contributed by atoms with Gasteiger partial charge in [0.25, 0.3) is 0 Å². The van der Waals surface area contributed by atoms with Crippen LogP contribution in [0.4, 0.5) is 0 Å². The lowest BCUT2D eigenvalue weighted by molar-refractivity contribution is 0.166. The van der Waals surface area contributed by atoms with Crippen molar-refractivity contribution < 1.29 is 0 Å². The Morgan fingerprint density at radius 3 is 2.70 bits per heavy atom. The summed E-state index contributed by atoms with van der Waals surface area (Å²) in [4.78, 5) is 2.64. The second kappa shape index (κ2) is 5.87. The van der Waals surface area contributed by atoms with Crippen molar-refractivity contribution in [2.24, 2.45) is 11.7 Å². The smallest absolute Gasteiger partial charge is 0.00631 e. The van der Waals surface area contributed by atoms with Crippen molar-refractivity contribution in [3.63, 3.8) is 0 Å². The van der Waals surface area contributed by atoms with E-state index in [1.54, 1.807) is 11.1 Å². The second-order valence-corrected chi connectivity index (χ2v) is 6.93. The Bertz CT molecular complexity index is 460. The van der Waals surface area contributed by atoms with Crippen LogP contribution in [0.5, 0.6) is 0 Å². The summed E-state index contributed by atoms with van der Waals surface area (Å²) in [6, 6.07) is 7.48. The highest BCUT2D eigenvalue weighted by atomic mass is 15.1. The molecule has 0 amide bonds. The molecule has 2 N–H and O–H groups in total. The number of piperidine rings is 1. The Hall–Kier alpha value is -0.860. The standard InChI is InChI=1S/C18H28N2/c1-13-3-6-18-14(2)16(5-4-15(18)11-13)12-20-9-7-17(19)8-10-20/h3,6,11,14,16-17H,4-5,7-10,12,19H2,1-2H3. The molecule has 1 aromatic rings. The van der Waals surface area contributed by atoms with Gasteiger partial charge in [-0.25, -0.2) is 0 Å². The zero-order valence-corrected chi connectivity index (χ0v) is 12.9. The molecule has 2 unspecified atom stereocenters. The number of likely N-dealkylation sites (tertiary alicyclic amines) is 1. The molecule has 0 radical (unpaired) electrons. The molecule has 0 spiro atoms. The molecule has 1 saturated heterocycles. The average Bonchev–Trinajstić information content (AvgIpc) is 2.44. The van der Waals surface area contributed by atoms with Crippen molar-refractivity contribution >= 4 is 0 Å². The summed E-state index contributed by atoms with van der Waals surface area (Å²) in [5.74, 6) is 1.52. The maximum Gasteiger partial charge on any atom is 0.00631 e. The molecule has 1 aliphatic carbocycles. The first-order chi connectivity index (χ1) is 9.63. The van der Waals surface area contributed by atoms with Crippen molar-refractivity contribution in [1.29, 1.82) is 0 Å². The van der Waals surface area contributed by atoms with Gasteiger partial charge in [0.05, 0.1) is 0 Å². The molecule has 1 aromatic carbocycles. The number of benzene rings is 1. The normalized spacial score (nSPS) is 28.4. The molecule has 2 atom stereocenters. The summed E-state index contributed by atoms with van der Waals surface area (Å²) < 4.78 is 0. The third-order valence-corrected chi connectivity index (χ3v) is 5.41. The molecule has 0 saturated carbocycles. The molecule has 20 heavy (non-hydrogen) atoms. The average molecular weight is 272 g/mol. The van der Waals surface area contributed by atoms with Crippen LogP contribution in [-0.4, -0.2) is 30.6 Å². The molecule has 1 heterocycles. The Morgan fingerprint density at radius 1 is 1.20 bits per heavy atom. The summed E-state index contributed by atoms with van der Waals surface area (Å²) in [5, 5.41) is 0. The zero-order valence-electron chi connectivity index (χ0n) is 12.9. The van der Waals surface area contributed by atoms with E-state index in [1.807, 2.05) is 0 Å². The van der Waals surface area contributed by atoms with Crippen LogP contribution in [0.2, 0.25) is 0 Å². The van der Waals surface area contributed by atoms with Crippen molar-refractivity contribution in [2.45, 2.75) is 51.5 Å². The third kappa shape index (κ3) is 2.91. The van der Waals surface area contributed by atoms with Gasteiger partial charge < -0.3 is 10.6 Å². The lowest BCUT2D eigenvalue weighted by atomic mass is 9.75. The Labute approximate surface area is 123 Å². The highest BCUT2D eigenvalue weighted by molar-refractivity contribution is 5.36. The predicted octanol–water partition coefficient (Wildman–Crippen LogP) is 3.08. The summed E-state index contributed by atoms with van der Waals surface area (Å²) in [6.45, 7) is 8.29. The van der Waals surface area contributed by atoms with Gasteiger partial charge in [-0.3, -0.25) is 0 Å². The first-order valence-corrected chi connectivity index (χ1v) is 8.21. The molecular formula is C18H28N2. The molecule has 2 nitrogen and oxygen atoms in total. The van der Waals surface area contributed by atoms with Crippen LogP contribution >= 0.6 is 0 Å². The number of fused-ring (bicyclic) bond motifs is 1. The van der Waals surface area contributed by atoms with E-state index in [0.717, 1.165) is 5.92 Å². The summed E-state index contributed by atoms with van der Waals surface area (Å²) in [5.41, 5.74) is 10.6. The number of nitrogens with zero attached hydrogens (tertiary/aromatic N) is 1. The van der Waals surface area contributed by atoms with E-state index in [9.17, 15) is 0 Å². The number of hydrogen-bond donors (Lipinski definition) is 1. The maximum atomic E-state index is 6.01. The van der Waals surface area contributed by atoms with Crippen molar-refractivity contribution in [3.8, 4) is 0 Å². The molecular weight excluding hydrogens is 244 g/mol. The monoisotopic (exact) mass is 272 g/mol. The SMILES string of the molecule is Cc1ccc2c(c1)CCC(CN1CCC(N)CC1)C2C. The molecule has 1 fully saturated rings. The second-order valence-electron chi connectivity index (χ2n) is 6.93. The number of rotatable bonds is 2. The minimum atomic E-state index is 0.443. The molecule has 0 bridgehead atoms. The van der Waals surface area contributed by atoms with Crippen LogP contribution in [0.15, 0.2) is 18.2 Å². The van der Waals surface area contributed by atoms with Gasteiger partial charge in [0.15, 0.2) is 0 Å². The van der Waals surface area contributed by atoms with Gasteiger partial charge in [-0.2, -0.15) is 0 Å². The van der Waals surface area contributed by atoms with Crippen LogP contribution in [0.1, 0.15) is 48.8 Å². The minimum Gasteiger partial charge on any atom is -0.328 e. The molecule has 2 heteroatoms. The minimum absolute atomic E-state index is 0.443. The highest BCUT2D eigenvalue weighted by Gasteiger charge is 2.28. The van der Waals surface area contributed by atoms with Crippen LogP contribution < -0.4 is 5.73 Å². The number of nitrogens with two attached hydrogens (primary N) is 1. The third-order valence-electron chi connectivity index (χ3n) is 5.41. The van der Waals surface area contributed by atoms with E-state index in [4.69, 9.17) is 5.73 Å². The fourth-order valence-corrected chi connectivity index (χ4v) is 3.96. The van der Waals surface area contributed by atoms with Gasteiger partial charge >= 0.3 is 0 Å². The summed E-state index contributed by atoms with van der Waals surface area (Å²) >= 11 is 0. The highest BCUT2D eigenvalue weighted by Crippen LogP contribution is 2.37. The van der Waals surface area contributed by atoms with Gasteiger partial charge in [0.1, 0.15) is 0 Å². The Balaban J connectivity index is 1.66. The van der Waals surface area contributed by atoms with Crippen LogP contribution in [0.25, 0.3) is 0 Å². The van der Waals surface area contributed by atoms with E-state index in [-0.39, 0.29) is 0 Å². The van der Waals surface area contributed by atoms with E-state index in [2.05, 4.69) is 36.9 Å². The zero-order chi connectivity index (χ0) is 14.1. The van der Waals surface area contributed by atoms with Gasteiger partial charge in [0, 0.05) is 12.6 Å². The summed E-state index contributed by atoms with van der Waals surface area (Å²) in [7, 11) is 0. The van der Waals surface area contributed by atoms with Crippen LogP contribution in [0.3, 0.4) is 0 Å². The van der Waals surface area contributed by atoms with Crippen molar-refractivity contribution in [2.75, 3.05) is 19.6 Å². The first kappa shape index (κ1) is 14.1. The van der Waals surface area contributed by atoms with Crippen LogP contribution in [-0.2, 0) is 6.42 Å². The number of hydrogen-bond acceptors (Lipinski definition) is 2. The fourth-order valence-electron chi connectivity index (χ4n) is 3.96. The Kier molecular flexibility index (Phi) is 4.13. The molecule has 1 aliphatic heterocycles. The van der Waals surface area contributed by atoms with E-state index in [0.29, 0.717) is 12.0 Å². The fraction of sp³-hybridized carbons (Fsp3) is 0.667. The molecule has 3 rings (SSSR count). The molecule has 110 valence electrons. The van der Waals surface area contributed by atoms with Gasteiger partial charge in [0.2, 0.25) is 0 Å². The Morgan fingerprint density at radius 2 is 1.95 bits per heavy atom. The van der Waals surface area contributed by atoms with Gasteiger partial charge in [-0.15, -0.1) is 0 Å². The van der Waals surface area contributed by atoms with Crippen molar-refractivity contribution in [3.05, 3.63) is 34.9 Å².